The topological polar surface area (TPSA) is 68.0 Å². The molecular weight excluding hydrogens is 365 g/mol. The number of carbonyl (C=O) groups is 1. The van der Waals surface area contributed by atoms with E-state index in [0.717, 1.165) is 17.3 Å². The molecule has 0 unspecified atom stereocenters. The van der Waals surface area contributed by atoms with Crippen LogP contribution in [0, 0.1) is 5.82 Å². The van der Waals surface area contributed by atoms with Crippen molar-refractivity contribution in [2.45, 2.75) is 17.4 Å². The number of benzene rings is 2. The first kappa shape index (κ1) is 17.4. The maximum Gasteiger partial charge on any atom is 0.277 e. The molecule has 0 spiro atoms. The van der Waals surface area contributed by atoms with Crippen molar-refractivity contribution in [2.75, 3.05) is 5.32 Å². The molecule has 0 saturated heterocycles. The molecule has 0 bridgehead atoms. The number of aromatic nitrogens is 2. The predicted octanol–water partition coefficient (Wildman–Crippen LogP) is 4.65. The second-order valence-corrected chi connectivity index (χ2v) is 6.86. The molecule has 0 saturated carbocycles. The first-order chi connectivity index (χ1) is 12.0. The molecule has 5 nitrogen and oxygen atoms in total. The quantitative estimate of drug-likeness (QED) is 0.655. The maximum absolute atomic E-state index is 12.9. The highest BCUT2D eigenvalue weighted by Crippen LogP contribution is 2.27. The van der Waals surface area contributed by atoms with Gasteiger partial charge in [-0.2, -0.15) is 0 Å². The summed E-state index contributed by atoms with van der Waals surface area (Å²) >= 11 is 6.99. The number of amides is 1. The summed E-state index contributed by atoms with van der Waals surface area (Å²) in [6.07, 6.45) is 0. The monoisotopic (exact) mass is 377 g/mol. The average Bonchev–Trinajstić information content (AvgIpc) is 3.06. The molecule has 0 aliphatic rings. The van der Waals surface area contributed by atoms with E-state index in [1.54, 1.807) is 31.2 Å². The van der Waals surface area contributed by atoms with Crippen LogP contribution in [-0.2, 0) is 4.79 Å². The number of nitrogens with one attached hydrogen (secondary N) is 1. The largest absolute Gasteiger partial charge is 0.411 e. The molecule has 1 amide bonds. The molecule has 1 atom stereocenters. The number of halogens is 2. The SMILES string of the molecule is C[C@H](Sc1nnc(-c2ccc(Cl)cc2)o1)C(=O)Nc1ccc(F)cc1. The second kappa shape index (κ2) is 7.67. The average molecular weight is 378 g/mol. The third-order valence-electron chi connectivity index (χ3n) is 3.26. The lowest BCUT2D eigenvalue weighted by Crippen LogP contribution is -2.22. The maximum atomic E-state index is 12.9. The fourth-order valence-electron chi connectivity index (χ4n) is 1.95. The molecule has 1 aromatic heterocycles. The summed E-state index contributed by atoms with van der Waals surface area (Å²) in [5.74, 6) is -0.255. The molecule has 1 N–H and O–H groups in total. The van der Waals surface area contributed by atoms with Gasteiger partial charge in [-0.15, -0.1) is 10.2 Å². The van der Waals surface area contributed by atoms with Crippen LogP contribution in [0.4, 0.5) is 10.1 Å². The van der Waals surface area contributed by atoms with E-state index in [1.807, 2.05) is 0 Å². The highest BCUT2D eigenvalue weighted by molar-refractivity contribution is 8.00. The van der Waals surface area contributed by atoms with Gasteiger partial charge >= 0.3 is 0 Å². The number of carbonyl (C=O) groups excluding carboxylic acids is 1. The first-order valence-corrected chi connectivity index (χ1v) is 8.59. The van der Waals surface area contributed by atoms with Crippen LogP contribution >= 0.6 is 23.4 Å². The molecule has 128 valence electrons. The number of anilines is 1. The minimum Gasteiger partial charge on any atom is -0.411 e. The van der Waals surface area contributed by atoms with Crippen molar-refractivity contribution in [3.8, 4) is 11.5 Å². The van der Waals surface area contributed by atoms with Crippen LogP contribution in [0.3, 0.4) is 0 Å². The Morgan fingerprint density at radius 1 is 1.16 bits per heavy atom. The lowest BCUT2D eigenvalue weighted by atomic mass is 10.2. The van der Waals surface area contributed by atoms with Crippen LogP contribution in [0.15, 0.2) is 58.2 Å². The standard InChI is InChI=1S/C17H13ClFN3O2S/c1-10(15(23)20-14-8-6-13(19)7-9-14)25-17-22-21-16(24-17)11-2-4-12(18)5-3-11/h2-10H,1H3,(H,20,23)/t10-/m0/s1. The van der Waals surface area contributed by atoms with Gasteiger partial charge in [0.15, 0.2) is 0 Å². The van der Waals surface area contributed by atoms with Gasteiger partial charge in [0.1, 0.15) is 5.82 Å². The Balaban J connectivity index is 1.62. The van der Waals surface area contributed by atoms with E-state index in [-0.39, 0.29) is 16.9 Å². The normalized spacial score (nSPS) is 12.0. The smallest absolute Gasteiger partial charge is 0.277 e. The van der Waals surface area contributed by atoms with E-state index >= 15 is 0 Å². The van der Waals surface area contributed by atoms with Gasteiger partial charge < -0.3 is 9.73 Å². The Morgan fingerprint density at radius 3 is 2.52 bits per heavy atom. The van der Waals surface area contributed by atoms with Gasteiger partial charge in [-0.25, -0.2) is 4.39 Å². The van der Waals surface area contributed by atoms with Gasteiger partial charge in [-0.3, -0.25) is 4.79 Å². The van der Waals surface area contributed by atoms with Crippen molar-refractivity contribution in [1.29, 1.82) is 0 Å². The summed E-state index contributed by atoms with van der Waals surface area (Å²) in [7, 11) is 0. The fourth-order valence-corrected chi connectivity index (χ4v) is 2.76. The number of thioether (sulfide) groups is 1. The molecule has 25 heavy (non-hydrogen) atoms. The highest BCUT2D eigenvalue weighted by Gasteiger charge is 2.19. The summed E-state index contributed by atoms with van der Waals surface area (Å²) in [5.41, 5.74) is 1.26. The van der Waals surface area contributed by atoms with E-state index in [4.69, 9.17) is 16.0 Å². The summed E-state index contributed by atoms with van der Waals surface area (Å²) in [4.78, 5) is 12.2. The fraction of sp³-hybridized carbons (Fsp3) is 0.118. The van der Waals surface area contributed by atoms with Gasteiger partial charge in [-0.05, 0) is 55.5 Å². The van der Waals surface area contributed by atoms with Crippen molar-refractivity contribution < 1.29 is 13.6 Å². The van der Waals surface area contributed by atoms with Crippen LogP contribution in [0.5, 0.6) is 0 Å². The molecule has 0 aliphatic carbocycles. The van der Waals surface area contributed by atoms with Crippen molar-refractivity contribution >= 4 is 35.0 Å². The minimum atomic E-state index is -0.469. The van der Waals surface area contributed by atoms with Gasteiger partial charge in [0.25, 0.3) is 5.22 Å². The molecule has 0 fully saturated rings. The molecule has 8 heteroatoms. The molecule has 3 aromatic rings. The first-order valence-electron chi connectivity index (χ1n) is 7.34. The number of hydrogen-bond acceptors (Lipinski definition) is 5. The van der Waals surface area contributed by atoms with E-state index in [2.05, 4.69) is 15.5 Å². The van der Waals surface area contributed by atoms with Crippen LogP contribution in [-0.4, -0.2) is 21.4 Å². The lowest BCUT2D eigenvalue weighted by Gasteiger charge is -2.09. The van der Waals surface area contributed by atoms with E-state index < -0.39 is 5.25 Å². The molecule has 2 aromatic carbocycles. The zero-order valence-corrected chi connectivity index (χ0v) is 14.6. The van der Waals surface area contributed by atoms with E-state index in [0.29, 0.717) is 16.6 Å². The van der Waals surface area contributed by atoms with Crippen molar-refractivity contribution in [3.05, 3.63) is 59.4 Å². The van der Waals surface area contributed by atoms with E-state index in [1.165, 1.54) is 24.3 Å². The summed E-state index contributed by atoms with van der Waals surface area (Å²) in [6.45, 7) is 1.72. The van der Waals surface area contributed by atoms with Crippen LogP contribution < -0.4 is 5.32 Å². The third-order valence-corrected chi connectivity index (χ3v) is 4.44. The van der Waals surface area contributed by atoms with Gasteiger partial charge in [0, 0.05) is 16.3 Å². The Kier molecular flexibility index (Phi) is 5.35. The Bertz CT molecular complexity index is 868. The second-order valence-electron chi connectivity index (χ2n) is 5.14. The summed E-state index contributed by atoms with van der Waals surface area (Å²) in [6, 6.07) is 12.6. The zero-order chi connectivity index (χ0) is 17.8. The molecule has 1 heterocycles. The molecular formula is C17H13ClFN3O2S. The van der Waals surface area contributed by atoms with Crippen molar-refractivity contribution in [3.63, 3.8) is 0 Å². The van der Waals surface area contributed by atoms with Gasteiger partial charge in [0.2, 0.25) is 11.8 Å². The summed E-state index contributed by atoms with van der Waals surface area (Å²) < 4.78 is 18.4. The Hall–Kier alpha value is -2.38. The number of rotatable bonds is 5. The summed E-state index contributed by atoms with van der Waals surface area (Å²) in [5, 5.41) is 11.0. The van der Waals surface area contributed by atoms with Gasteiger partial charge in [0.05, 0.1) is 5.25 Å². The lowest BCUT2D eigenvalue weighted by molar-refractivity contribution is -0.115. The Morgan fingerprint density at radius 2 is 1.84 bits per heavy atom. The van der Waals surface area contributed by atoms with Crippen molar-refractivity contribution in [1.82, 2.24) is 10.2 Å². The molecule has 0 aliphatic heterocycles. The predicted molar refractivity (Wildman–Crippen MR) is 95.1 cm³/mol. The minimum absolute atomic E-state index is 0.247. The van der Waals surface area contributed by atoms with Crippen LogP contribution in [0.2, 0.25) is 5.02 Å². The van der Waals surface area contributed by atoms with Gasteiger partial charge in [-0.1, -0.05) is 23.4 Å². The molecule has 0 radical (unpaired) electrons. The van der Waals surface area contributed by atoms with Crippen LogP contribution in [0.25, 0.3) is 11.5 Å². The number of nitrogens with zero attached hydrogens (tertiary/aromatic N) is 2. The van der Waals surface area contributed by atoms with E-state index in [9.17, 15) is 9.18 Å². The zero-order valence-electron chi connectivity index (χ0n) is 13.1. The highest BCUT2D eigenvalue weighted by atomic mass is 35.5. The number of hydrogen-bond donors (Lipinski definition) is 1. The van der Waals surface area contributed by atoms with Crippen molar-refractivity contribution in [2.24, 2.45) is 0 Å². The molecule has 3 rings (SSSR count). The third kappa shape index (κ3) is 4.58. The van der Waals surface area contributed by atoms with Crippen LogP contribution in [0.1, 0.15) is 6.92 Å². The Labute approximate surface area is 152 Å².